The van der Waals surface area contributed by atoms with E-state index in [1.54, 1.807) is 6.07 Å². The molecule has 1 aromatic heterocycles. The molecule has 1 saturated heterocycles. The average Bonchev–Trinajstić information content (AvgIpc) is 3.13. The summed E-state index contributed by atoms with van der Waals surface area (Å²) in [5.74, 6) is -1.01. The quantitative estimate of drug-likeness (QED) is 0.721. The number of benzene rings is 1. The Hall–Kier alpha value is -2.64. The Morgan fingerprint density at radius 3 is 2.41 bits per heavy atom. The number of nitrogens with zero attached hydrogens (tertiary/aromatic N) is 4. The highest BCUT2D eigenvalue weighted by atomic mass is 19.2. The summed E-state index contributed by atoms with van der Waals surface area (Å²) in [4.78, 5) is 22.8. The Kier molecular flexibility index (Phi) is 8.42. The third-order valence-corrected chi connectivity index (χ3v) is 4.95. The molecule has 29 heavy (non-hydrogen) atoms. The van der Waals surface area contributed by atoms with Gasteiger partial charge in [0.05, 0.1) is 12.4 Å². The van der Waals surface area contributed by atoms with Crippen LogP contribution in [0.3, 0.4) is 0 Å². The van der Waals surface area contributed by atoms with Crippen LogP contribution in [0.25, 0.3) is 0 Å². The highest BCUT2D eigenvalue weighted by Crippen LogP contribution is 2.20. The molecule has 1 aliphatic rings. The second-order valence-corrected chi connectivity index (χ2v) is 7.09. The third kappa shape index (κ3) is 6.73. The second-order valence-electron chi connectivity index (χ2n) is 7.09. The largest absolute Gasteiger partial charge is 0.342 e. The molecule has 1 amide bonds. The Morgan fingerprint density at radius 1 is 1.17 bits per heavy atom. The van der Waals surface area contributed by atoms with E-state index in [0.717, 1.165) is 37.3 Å². The molecule has 8 heteroatoms. The number of anilines is 1. The molecule has 0 spiro atoms. The Balaban J connectivity index is 0.000000221. The van der Waals surface area contributed by atoms with Gasteiger partial charge in [-0.15, -0.1) is 0 Å². The monoisotopic (exact) mass is 408 g/mol. The van der Waals surface area contributed by atoms with Gasteiger partial charge in [0.15, 0.2) is 17.5 Å². The van der Waals surface area contributed by atoms with Gasteiger partial charge in [-0.1, -0.05) is 19.9 Å². The fraction of sp³-hybridized carbons (Fsp3) is 0.476. The van der Waals surface area contributed by atoms with Crippen LogP contribution < -0.4 is 4.90 Å². The standard InChI is InChI=1S/C11H15FN4O.C10H12F2/c1-15(11-13-7-9(12)8-14-11)5-6-16-4-2-3-10(16)17;1-3-7(2)8-4-5-9(11)10(12)6-8/h7-8H,2-6H2,1H3;4-7H,3H2,1-2H3. The van der Waals surface area contributed by atoms with E-state index in [1.165, 1.54) is 12.1 Å². The topological polar surface area (TPSA) is 49.3 Å². The van der Waals surface area contributed by atoms with Gasteiger partial charge < -0.3 is 9.80 Å². The van der Waals surface area contributed by atoms with Gasteiger partial charge in [-0.25, -0.2) is 23.1 Å². The van der Waals surface area contributed by atoms with Crippen LogP contribution in [0.4, 0.5) is 19.1 Å². The minimum Gasteiger partial charge on any atom is -0.342 e. The molecule has 0 bridgehead atoms. The first-order chi connectivity index (χ1) is 13.8. The first-order valence-corrected chi connectivity index (χ1v) is 9.73. The molecule has 1 unspecified atom stereocenters. The Morgan fingerprint density at radius 2 is 1.86 bits per heavy atom. The van der Waals surface area contributed by atoms with Crippen LogP contribution in [0.15, 0.2) is 30.6 Å². The normalized spacial score (nSPS) is 14.4. The zero-order chi connectivity index (χ0) is 21.4. The number of halogens is 3. The van der Waals surface area contributed by atoms with Gasteiger partial charge in [-0.2, -0.15) is 0 Å². The summed E-state index contributed by atoms with van der Waals surface area (Å²) >= 11 is 0. The minimum absolute atomic E-state index is 0.207. The molecule has 1 aromatic carbocycles. The predicted octanol–water partition coefficient (Wildman–Crippen LogP) is 4.15. The van der Waals surface area contributed by atoms with Crippen molar-refractivity contribution >= 4 is 11.9 Å². The minimum atomic E-state index is -0.776. The van der Waals surface area contributed by atoms with Gasteiger partial charge >= 0.3 is 0 Å². The number of aromatic nitrogens is 2. The SMILES string of the molecule is CCC(C)c1ccc(F)c(F)c1.CN(CCN1CCCC1=O)c1ncc(F)cn1. The van der Waals surface area contributed by atoms with Crippen molar-refractivity contribution in [1.82, 2.24) is 14.9 Å². The Labute approximate surface area is 169 Å². The zero-order valence-corrected chi connectivity index (χ0v) is 17.0. The number of carbonyl (C=O) groups excluding carboxylic acids is 1. The van der Waals surface area contributed by atoms with Crippen molar-refractivity contribution in [3.05, 3.63) is 53.6 Å². The van der Waals surface area contributed by atoms with Gasteiger partial charge in [-0.3, -0.25) is 4.79 Å². The molecule has 1 fully saturated rings. The molecule has 0 saturated carbocycles. The molecule has 2 heterocycles. The molecule has 2 aromatic rings. The molecular formula is C21H27F3N4O. The van der Waals surface area contributed by atoms with Crippen LogP contribution in [0, 0.1) is 17.5 Å². The molecule has 0 aliphatic carbocycles. The number of rotatable bonds is 6. The fourth-order valence-electron chi connectivity index (χ4n) is 2.87. The van der Waals surface area contributed by atoms with Crippen molar-refractivity contribution in [2.24, 2.45) is 0 Å². The summed E-state index contributed by atoms with van der Waals surface area (Å²) in [6, 6.07) is 4.08. The summed E-state index contributed by atoms with van der Waals surface area (Å²) in [5, 5.41) is 0. The van der Waals surface area contributed by atoms with E-state index in [9.17, 15) is 18.0 Å². The van der Waals surface area contributed by atoms with Crippen LogP contribution in [-0.4, -0.2) is 47.5 Å². The number of hydrogen-bond acceptors (Lipinski definition) is 4. The third-order valence-electron chi connectivity index (χ3n) is 4.95. The van der Waals surface area contributed by atoms with E-state index in [2.05, 4.69) is 9.97 Å². The molecule has 0 N–H and O–H groups in total. The lowest BCUT2D eigenvalue weighted by molar-refractivity contribution is -0.127. The molecule has 3 rings (SSSR count). The van der Waals surface area contributed by atoms with E-state index >= 15 is 0 Å². The molecule has 5 nitrogen and oxygen atoms in total. The highest BCUT2D eigenvalue weighted by Gasteiger charge is 2.20. The summed E-state index contributed by atoms with van der Waals surface area (Å²) in [5.41, 5.74) is 0.858. The molecular weight excluding hydrogens is 381 g/mol. The van der Waals surface area contributed by atoms with Crippen LogP contribution in [0.5, 0.6) is 0 Å². The second kappa shape index (κ2) is 10.8. The van der Waals surface area contributed by atoms with Crippen molar-refractivity contribution in [3.8, 4) is 0 Å². The van der Waals surface area contributed by atoms with Crippen LogP contribution in [0.1, 0.15) is 44.6 Å². The first-order valence-electron chi connectivity index (χ1n) is 9.73. The maximum absolute atomic E-state index is 12.7. The van der Waals surface area contributed by atoms with E-state index in [-0.39, 0.29) is 5.91 Å². The number of amides is 1. The predicted molar refractivity (Wildman–Crippen MR) is 106 cm³/mol. The molecule has 1 aliphatic heterocycles. The lowest BCUT2D eigenvalue weighted by Gasteiger charge is -2.21. The summed E-state index contributed by atoms with van der Waals surface area (Å²) in [7, 11) is 1.83. The number of hydrogen-bond donors (Lipinski definition) is 0. The van der Waals surface area contributed by atoms with Crippen LogP contribution in [-0.2, 0) is 4.79 Å². The first kappa shape index (κ1) is 22.6. The zero-order valence-electron chi connectivity index (χ0n) is 17.0. The van der Waals surface area contributed by atoms with E-state index in [0.29, 0.717) is 31.4 Å². The van der Waals surface area contributed by atoms with Crippen molar-refractivity contribution in [2.75, 3.05) is 31.6 Å². The van der Waals surface area contributed by atoms with E-state index in [1.807, 2.05) is 30.7 Å². The van der Waals surface area contributed by atoms with E-state index < -0.39 is 17.5 Å². The van der Waals surface area contributed by atoms with Crippen molar-refractivity contribution in [3.63, 3.8) is 0 Å². The van der Waals surface area contributed by atoms with Gasteiger partial charge in [-0.05, 0) is 36.5 Å². The number of likely N-dealkylation sites (tertiary alicyclic amines) is 1. The number of likely N-dealkylation sites (N-methyl/N-ethyl adjacent to an activating group) is 1. The molecule has 1 atom stereocenters. The van der Waals surface area contributed by atoms with Gasteiger partial charge in [0.2, 0.25) is 11.9 Å². The molecule has 0 radical (unpaired) electrons. The molecule has 158 valence electrons. The van der Waals surface area contributed by atoms with Gasteiger partial charge in [0, 0.05) is 33.1 Å². The summed E-state index contributed by atoms with van der Waals surface area (Å²) in [6.45, 7) is 6.16. The maximum Gasteiger partial charge on any atom is 0.225 e. The van der Waals surface area contributed by atoms with Gasteiger partial charge in [0.25, 0.3) is 0 Å². The van der Waals surface area contributed by atoms with Crippen molar-refractivity contribution in [2.45, 2.75) is 39.0 Å². The van der Waals surface area contributed by atoms with Crippen LogP contribution >= 0.6 is 0 Å². The smallest absolute Gasteiger partial charge is 0.225 e. The lowest BCUT2D eigenvalue weighted by atomic mass is 9.99. The lowest BCUT2D eigenvalue weighted by Crippen LogP contribution is -2.34. The summed E-state index contributed by atoms with van der Waals surface area (Å²) < 4.78 is 37.8. The van der Waals surface area contributed by atoms with Crippen molar-refractivity contribution in [1.29, 1.82) is 0 Å². The fourth-order valence-corrected chi connectivity index (χ4v) is 2.87. The van der Waals surface area contributed by atoms with Crippen molar-refractivity contribution < 1.29 is 18.0 Å². The highest BCUT2D eigenvalue weighted by molar-refractivity contribution is 5.78. The van der Waals surface area contributed by atoms with E-state index in [4.69, 9.17) is 0 Å². The number of carbonyl (C=O) groups is 1. The van der Waals surface area contributed by atoms with Gasteiger partial charge in [0.1, 0.15) is 0 Å². The Bertz CT molecular complexity index is 801. The summed E-state index contributed by atoms with van der Waals surface area (Å²) in [6.07, 6.45) is 4.80. The maximum atomic E-state index is 12.7. The average molecular weight is 408 g/mol. The van der Waals surface area contributed by atoms with Crippen LogP contribution in [0.2, 0.25) is 0 Å².